The van der Waals surface area contributed by atoms with Crippen LogP contribution in [0.2, 0.25) is 0 Å². The second-order valence-corrected chi connectivity index (χ2v) is 2.87. The molecule has 0 aromatic heterocycles. The van der Waals surface area contributed by atoms with Crippen molar-refractivity contribution in [1.82, 2.24) is 10.6 Å². The first-order chi connectivity index (χ1) is 6.68. The van der Waals surface area contributed by atoms with Crippen LogP contribution in [0.3, 0.4) is 0 Å². The number of carbonyl (C=O) groups is 2. The lowest BCUT2D eigenvalue weighted by Gasteiger charge is -2.03. The van der Waals surface area contributed by atoms with Gasteiger partial charge in [0.2, 0.25) is 0 Å². The molecule has 0 saturated carbocycles. The molecule has 2 amide bonds. The van der Waals surface area contributed by atoms with E-state index in [1.807, 2.05) is 0 Å². The van der Waals surface area contributed by atoms with Gasteiger partial charge in [-0.2, -0.15) is 0 Å². The Morgan fingerprint density at radius 2 is 1.71 bits per heavy atom. The fraction of sp³-hybridized carbons (Fsp3) is 0.750. The minimum Gasteiger partial charge on any atom is -0.361 e. The number of hydrogen-bond acceptors (Lipinski definition) is 4. The van der Waals surface area contributed by atoms with Gasteiger partial charge in [-0.3, -0.25) is 9.59 Å². The molecule has 0 aromatic rings. The average molecular weight is 202 g/mol. The monoisotopic (exact) mass is 202 g/mol. The third kappa shape index (κ3) is 7.51. The van der Waals surface area contributed by atoms with Gasteiger partial charge in [-0.1, -0.05) is 0 Å². The van der Waals surface area contributed by atoms with Crippen LogP contribution in [0.25, 0.3) is 0 Å². The second-order valence-electron chi connectivity index (χ2n) is 2.87. The first-order valence-corrected chi connectivity index (χ1v) is 4.67. The lowest BCUT2D eigenvalue weighted by Crippen LogP contribution is -2.36. The molecule has 6 heteroatoms. The zero-order valence-corrected chi connectivity index (χ0v) is 8.21. The van der Waals surface area contributed by atoms with Crippen molar-refractivity contribution in [3.8, 4) is 0 Å². The van der Waals surface area contributed by atoms with Gasteiger partial charge in [0.1, 0.15) is 0 Å². The first kappa shape index (κ1) is 12.9. The molecule has 14 heavy (non-hydrogen) atoms. The van der Waals surface area contributed by atoms with Crippen molar-refractivity contribution in [3.05, 3.63) is 0 Å². The van der Waals surface area contributed by atoms with Gasteiger partial charge < -0.3 is 22.1 Å². The molecule has 0 heterocycles. The van der Waals surface area contributed by atoms with Crippen molar-refractivity contribution in [1.29, 1.82) is 0 Å². The van der Waals surface area contributed by atoms with Gasteiger partial charge in [-0.15, -0.1) is 0 Å². The molecule has 0 atom stereocenters. The van der Waals surface area contributed by atoms with Gasteiger partial charge in [0, 0.05) is 19.6 Å². The lowest BCUT2D eigenvalue weighted by atomic mass is 10.3. The molecule has 0 aliphatic rings. The molecule has 0 fully saturated rings. The number of rotatable bonds is 7. The number of amides is 2. The number of nitrogens with two attached hydrogens (primary N) is 2. The van der Waals surface area contributed by atoms with Crippen molar-refractivity contribution in [3.63, 3.8) is 0 Å². The standard InChI is InChI=1S/C8H18N4O2/c9-3-6-11-4-1-2-5-12-8(14)7(10)13/h11H,1-6,9H2,(H2,10,13)(H,12,14). The summed E-state index contributed by atoms with van der Waals surface area (Å²) in [6.07, 6.45) is 1.75. The molecule has 0 rings (SSSR count). The zero-order valence-electron chi connectivity index (χ0n) is 8.21. The summed E-state index contributed by atoms with van der Waals surface area (Å²) in [5.74, 6) is -1.66. The third-order valence-electron chi connectivity index (χ3n) is 1.61. The fourth-order valence-electron chi connectivity index (χ4n) is 0.891. The molecular weight excluding hydrogens is 184 g/mol. The maximum absolute atomic E-state index is 10.7. The van der Waals surface area contributed by atoms with E-state index in [-0.39, 0.29) is 0 Å². The Hall–Kier alpha value is -1.14. The minimum atomic E-state index is -0.939. The highest BCUT2D eigenvalue weighted by Crippen LogP contribution is 1.83. The zero-order chi connectivity index (χ0) is 10.8. The van der Waals surface area contributed by atoms with Crippen LogP contribution >= 0.6 is 0 Å². The summed E-state index contributed by atoms with van der Waals surface area (Å²) in [5.41, 5.74) is 10.0. The van der Waals surface area contributed by atoms with Gasteiger partial charge in [-0.25, -0.2) is 0 Å². The SMILES string of the molecule is NCCNCCCCNC(=O)C(N)=O. The number of nitrogens with one attached hydrogen (secondary N) is 2. The van der Waals surface area contributed by atoms with Crippen LogP contribution in [-0.4, -0.2) is 38.0 Å². The molecular formula is C8H18N4O2. The highest BCUT2D eigenvalue weighted by atomic mass is 16.2. The molecule has 6 N–H and O–H groups in total. The molecule has 0 aliphatic heterocycles. The Morgan fingerprint density at radius 1 is 1.07 bits per heavy atom. The van der Waals surface area contributed by atoms with E-state index < -0.39 is 11.8 Å². The Balaban J connectivity index is 3.13. The predicted octanol–water partition coefficient (Wildman–Crippen LogP) is -2.08. The van der Waals surface area contributed by atoms with Gasteiger partial charge in [-0.05, 0) is 19.4 Å². The summed E-state index contributed by atoms with van der Waals surface area (Å²) in [7, 11) is 0. The van der Waals surface area contributed by atoms with Crippen LogP contribution in [0.4, 0.5) is 0 Å². The normalized spacial score (nSPS) is 9.79. The summed E-state index contributed by atoms with van der Waals surface area (Å²) < 4.78 is 0. The van der Waals surface area contributed by atoms with E-state index in [1.165, 1.54) is 0 Å². The Labute approximate surface area is 83.4 Å². The Bertz CT molecular complexity index is 184. The van der Waals surface area contributed by atoms with Gasteiger partial charge in [0.15, 0.2) is 0 Å². The molecule has 82 valence electrons. The van der Waals surface area contributed by atoms with E-state index in [2.05, 4.69) is 10.6 Å². The van der Waals surface area contributed by atoms with Crippen LogP contribution in [-0.2, 0) is 9.59 Å². The number of primary amides is 1. The maximum Gasteiger partial charge on any atom is 0.309 e. The first-order valence-electron chi connectivity index (χ1n) is 4.67. The molecule has 0 aromatic carbocycles. The second kappa shape index (κ2) is 8.46. The molecule has 0 aliphatic carbocycles. The number of unbranched alkanes of at least 4 members (excludes halogenated alkanes) is 1. The molecule has 0 spiro atoms. The van der Waals surface area contributed by atoms with Gasteiger partial charge in [0.05, 0.1) is 0 Å². The largest absolute Gasteiger partial charge is 0.361 e. The van der Waals surface area contributed by atoms with E-state index in [1.54, 1.807) is 0 Å². The van der Waals surface area contributed by atoms with Crippen molar-refractivity contribution in [2.24, 2.45) is 11.5 Å². The molecule has 0 radical (unpaired) electrons. The van der Waals surface area contributed by atoms with E-state index in [9.17, 15) is 9.59 Å². The molecule has 0 unspecified atom stereocenters. The average Bonchev–Trinajstić information content (AvgIpc) is 2.16. The Morgan fingerprint density at radius 3 is 2.29 bits per heavy atom. The van der Waals surface area contributed by atoms with E-state index in [0.29, 0.717) is 13.1 Å². The molecule has 0 saturated heterocycles. The van der Waals surface area contributed by atoms with Gasteiger partial charge in [0.25, 0.3) is 0 Å². The lowest BCUT2D eigenvalue weighted by molar-refractivity contribution is -0.137. The topological polar surface area (TPSA) is 110 Å². The van der Waals surface area contributed by atoms with Crippen molar-refractivity contribution in [2.75, 3.05) is 26.2 Å². The Kier molecular flexibility index (Phi) is 7.77. The third-order valence-corrected chi connectivity index (χ3v) is 1.61. The van der Waals surface area contributed by atoms with E-state index in [0.717, 1.165) is 25.9 Å². The quantitative estimate of drug-likeness (QED) is 0.280. The predicted molar refractivity (Wildman–Crippen MR) is 53.4 cm³/mol. The molecule has 0 bridgehead atoms. The van der Waals surface area contributed by atoms with Crippen molar-refractivity contribution < 1.29 is 9.59 Å². The van der Waals surface area contributed by atoms with Crippen LogP contribution in [0.15, 0.2) is 0 Å². The summed E-state index contributed by atoms with van der Waals surface area (Å²) in [4.78, 5) is 20.9. The summed E-state index contributed by atoms with van der Waals surface area (Å²) in [5, 5.41) is 5.52. The van der Waals surface area contributed by atoms with Crippen LogP contribution in [0.5, 0.6) is 0 Å². The summed E-state index contributed by atoms with van der Waals surface area (Å²) in [6, 6.07) is 0. The smallest absolute Gasteiger partial charge is 0.309 e. The van der Waals surface area contributed by atoms with Crippen LogP contribution < -0.4 is 22.1 Å². The number of carbonyl (C=O) groups excluding carboxylic acids is 2. The fourth-order valence-corrected chi connectivity index (χ4v) is 0.891. The maximum atomic E-state index is 10.7. The minimum absolute atomic E-state index is 0.478. The van der Waals surface area contributed by atoms with Crippen LogP contribution in [0, 0.1) is 0 Å². The van der Waals surface area contributed by atoms with Gasteiger partial charge >= 0.3 is 11.8 Å². The van der Waals surface area contributed by atoms with Crippen molar-refractivity contribution in [2.45, 2.75) is 12.8 Å². The highest BCUT2D eigenvalue weighted by Gasteiger charge is 2.05. The van der Waals surface area contributed by atoms with Crippen LogP contribution in [0.1, 0.15) is 12.8 Å². The van der Waals surface area contributed by atoms with E-state index in [4.69, 9.17) is 11.5 Å². The number of hydrogen-bond donors (Lipinski definition) is 4. The summed E-state index contributed by atoms with van der Waals surface area (Å²) >= 11 is 0. The van der Waals surface area contributed by atoms with E-state index >= 15 is 0 Å². The molecule has 6 nitrogen and oxygen atoms in total. The highest BCUT2D eigenvalue weighted by molar-refractivity contribution is 6.34. The summed E-state index contributed by atoms with van der Waals surface area (Å²) in [6.45, 7) is 2.77. The van der Waals surface area contributed by atoms with Crippen molar-refractivity contribution >= 4 is 11.8 Å².